The molecule has 0 unspecified atom stereocenters. The Labute approximate surface area is 366 Å². The molecule has 1 aliphatic rings. The Balaban J connectivity index is 0.896. The van der Waals surface area contributed by atoms with Gasteiger partial charge in [0, 0.05) is 13.6 Å². The maximum Gasteiger partial charge on any atom is 0.408 e. The molecule has 23 heteroatoms. The van der Waals surface area contributed by atoms with E-state index in [0.717, 1.165) is 5.56 Å². The molecule has 3 aromatic heterocycles. The smallest absolute Gasteiger partial charge is 0.408 e. The highest BCUT2D eigenvalue weighted by Gasteiger charge is 2.37. The van der Waals surface area contributed by atoms with Gasteiger partial charge in [-0.15, -0.1) is 5.10 Å². The van der Waals surface area contributed by atoms with Crippen molar-refractivity contribution in [3.8, 4) is 5.88 Å². The fraction of sp³-hybridized carbons (Fsp3) is 0.625. The first kappa shape index (κ1) is 49.3. The lowest BCUT2D eigenvalue weighted by atomic mass is 10.2. The third-order valence-corrected chi connectivity index (χ3v) is 10.4. The molecule has 1 aromatic carbocycles. The first-order valence-electron chi connectivity index (χ1n) is 20.6. The fourth-order valence-corrected chi connectivity index (χ4v) is 6.86. The number of alkyl carbamates (subject to hydrolysis) is 1. The largest absolute Gasteiger partial charge is 0.478 e. The van der Waals surface area contributed by atoms with Crippen molar-refractivity contribution in [3.63, 3.8) is 0 Å². The molecule has 4 heterocycles. The number of alkyl halides is 1. The second kappa shape index (κ2) is 24.4. The highest BCUT2D eigenvalue weighted by molar-refractivity contribution is 7.86. The average molecular weight is 910 g/mol. The first-order chi connectivity index (χ1) is 30.2. The van der Waals surface area contributed by atoms with Crippen molar-refractivity contribution in [1.82, 2.24) is 34.6 Å². The van der Waals surface area contributed by atoms with E-state index < -0.39 is 34.0 Å². The highest BCUT2D eigenvalue weighted by Crippen LogP contribution is 2.31. The van der Waals surface area contributed by atoms with E-state index in [1.54, 1.807) is 66.6 Å². The Morgan fingerprint density at radius 1 is 0.841 bits per heavy atom. The Morgan fingerprint density at radius 2 is 1.41 bits per heavy atom. The molecule has 1 fully saturated rings. The maximum absolute atomic E-state index is 15.1. The van der Waals surface area contributed by atoms with Crippen LogP contribution >= 0.6 is 0 Å². The summed E-state index contributed by atoms with van der Waals surface area (Å²) in [4.78, 5) is 27.9. The number of carbonyl (C=O) groups is 1. The maximum atomic E-state index is 15.1. The third kappa shape index (κ3) is 16.1. The minimum absolute atomic E-state index is 0.0223. The second-order valence-electron chi connectivity index (χ2n) is 15.3. The number of fused-ring (bicyclic) bond motifs is 1. The zero-order valence-corrected chi connectivity index (χ0v) is 37.6. The number of hydrogen-bond donors (Lipinski definition) is 2. The zero-order chi connectivity index (χ0) is 45.2. The van der Waals surface area contributed by atoms with Crippen LogP contribution in [0.1, 0.15) is 26.3 Å². The van der Waals surface area contributed by atoms with Crippen LogP contribution in [-0.4, -0.2) is 168 Å². The number of imidazole rings is 1. The van der Waals surface area contributed by atoms with E-state index in [2.05, 4.69) is 25.7 Å². The summed E-state index contributed by atoms with van der Waals surface area (Å²) in [5.74, 6) is 0.964. The number of halogens is 1. The molecule has 1 aliphatic heterocycles. The van der Waals surface area contributed by atoms with Crippen LogP contribution in [0.5, 0.6) is 5.88 Å². The van der Waals surface area contributed by atoms with Gasteiger partial charge in [0.1, 0.15) is 17.5 Å². The molecule has 4 aromatic rings. The van der Waals surface area contributed by atoms with E-state index in [1.165, 1.54) is 19.2 Å². The molecule has 350 valence electrons. The van der Waals surface area contributed by atoms with Gasteiger partial charge >= 0.3 is 6.09 Å². The van der Waals surface area contributed by atoms with E-state index in [4.69, 9.17) is 47.1 Å². The number of benzene rings is 1. The zero-order valence-electron chi connectivity index (χ0n) is 36.7. The molecule has 63 heavy (non-hydrogen) atoms. The summed E-state index contributed by atoms with van der Waals surface area (Å²) < 4.78 is 91.8. The normalized spacial score (nSPS) is 15.6. The molecule has 2 N–H and O–H groups in total. The van der Waals surface area contributed by atoms with E-state index >= 15 is 4.39 Å². The highest BCUT2D eigenvalue weighted by atomic mass is 32.2. The van der Waals surface area contributed by atoms with Gasteiger partial charge in [-0.3, -0.25) is 8.86 Å². The van der Waals surface area contributed by atoms with Gasteiger partial charge in [-0.25, -0.2) is 14.2 Å². The van der Waals surface area contributed by atoms with Gasteiger partial charge in [-0.1, -0.05) is 17.7 Å². The molecule has 0 saturated carbocycles. The van der Waals surface area contributed by atoms with Crippen LogP contribution in [0.15, 0.2) is 41.7 Å². The Morgan fingerprint density at radius 3 is 1.98 bits per heavy atom. The summed E-state index contributed by atoms with van der Waals surface area (Å²) in [6, 6.07) is 5.64. The summed E-state index contributed by atoms with van der Waals surface area (Å²) in [7, 11) is -0.491. The third-order valence-electron chi connectivity index (χ3n) is 9.06. The van der Waals surface area contributed by atoms with Crippen LogP contribution in [0.3, 0.4) is 0 Å². The minimum atomic E-state index is -3.80. The lowest BCUT2D eigenvalue weighted by molar-refractivity contribution is -0.0180. The van der Waals surface area contributed by atoms with E-state index in [1.807, 2.05) is 6.92 Å². The van der Waals surface area contributed by atoms with Gasteiger partial charge in [0.2, 0.25) is 5.95 Å². The number of ether oxygens (including phenoxy) is 8. The predicted molar refractivity (Wildman–Crippen MR) is 228 cm³/mol. The van der Waals surface area contributed by atoms with Crippen molar-refractivity contribution >= 4 is 44.8 Å². The summed E-state index contributed by atoms with van der Waals surface area (Å²) in [5.41, 5.74) is 1.80. The molecule has 1 saturated heterocycles. The summed E-state index contributed by atoms with van der Waals surface area (Å²) >= 11 is 0. The van der Waals surface area contributed by atoms with E-state index in [-0.39, 0.29) is 37.1 Å². The van der Waals surface area contributed by atoms with Gasteiger partial charge in [0.25, 0.3) is 16.0 Å². The van der Waals surface area contributed by atoms with Crippen molar-refractivity contribution in [2.75, 3.05) is 116 Å². The second-order valence-corrected chi connectivity index (χ2v) is 16.9. The Bertz CT molecular complexity index is 2120. The molecular weight excluding hydrogens is 850 g/mol. The number of aromatic nitrogens is 6. The summed E-state index contributed by atoms with van der Waals surface area (Å²) in [6.45, 7) is 11.9. The van der Waals surface area contributed by atoms with Crippen LogP contribution in [0, 0.1) is 6.92 Å². The van der Waals surface area contributed by atoms with Crippen LogP contribution in [0.2, 0.25) is 0 Å². The van der Waals surface area contributed by atoms with E-state index in [0.29, 0.717) is 108 Å². The molecule has 5 rings (SSSR count). The minimum Gasteiger partial charge on any atom is -0.478 e. The van der Waals surface area contributed by atoms with E-state index in [9.17, 15) is 13.2 Å². The number of nitrogens with zero attached hydrogens (tertiary/aromatic N) is 7. The number of nitrogens with one attached hydrogen (secondary N) is 2. The average Bonchev–Trinajstić information content (AvgIpc) is 3.93. The van der Waals surface area contributed by atoms with Crippen LogP contribution in [0.25, 0.3) is 11.2 Å². The van der Waals surface area contributed by atoms with Crippen molar-refractivity contribution in [2.45, 2.75) is 56.9 Å². The molecule has 0 radical (unpaired) electrons. The number of aryl methyl sites for hydroxylation is 2. The Hall–Kier alpha value is -4.75. The van der Waals surface area contributed by atoms with Gasteiger partial charge in [-0.05, 0) is 39.8 Å². The Kier molecular flexibility index (Phi) is 19.0. The van der Waals surface area contributed by atoms with Gasteiger partial charge in [0.05, 0.1) is 130 Å². The van der Waals surface area contributed by atoms with Crippen LogP contribution in [-0.2, 0) is 61.1 Å². The fourth-order valence-electron chi connectivity index (χ4n) is 5.96. The molecule has 1 amide bonds. The predicted octanol–water partition coefficient (Wildman–Crippen LogP) is 3.18. The summed E-state index contributed by atoms with van der Waals surface area (Å²) in [5, 5.41) is 10.4. The topological polar surface area (TPSA) is 223 Å². The monoisotopic (exact) mass is 909 g/mol. The number of anilines is 3. The van der Waals surface area contributed by atoms with Crippen molar-refractivity contribution in [1.29, 1.82) is 0 Å². The molecule has 0 aliphatic carbocycles. The SMILES string of the molecule is COc1nn(CCOCCOCCOCCOCCOCCOCCOS(=O)(=O)c2ccc(C)cc2)cc1Nc1nc(N2C[C@@H](F)[C@H](NC(=O)OC(C)(C)C)C2)nc2c1ncn2C. The van der Waals surface area contributed by atoms with Gasteiger partial charge < -0.3 is 58.0 Å². The number of methoxy groups -OCH3 is 1. The standard InChI is InChI=1S/C40H60FN9O12S/c1-29-7-9-30(10-8-29)63(52,53)61-24-23-60-22-21-59-20-19-58-18-17-57-16-15-56-14-13-55-12-11-50-27-33(37(47-50)54-6)43-35-34-36(48(5)28-42-34)46-38(45-35)49-25-31(41)32(26-49)44-39(51)62-40(2,3)4/h7-10,27-28,31-32H,11-26H2,1-6H3,(H,44,51)(H,43,45,46)/t31-,32-/m1/s1. The molecule has 21 nitrogen and oxygen atoms in total. The lowest BCUT2D eigenvalue weighted by Gasteiger charge is -2.22. The van der Waals surface area contributed by atoms with Crippen molar-refractivity contribution in [2.24, 2.45) is 7.05 Å². The number of carbonyl (C=O) groups excluding carboxylic acids is 1. The molecule has 2 atom stereocenters. The van der Waals surface area contributed by atoms with Crippen molar-refractivity contribution in [3.05, 3.63) is 42.4 Å². The molecular formula is C40H60FN9O12S. The number of hydrogen-bond acceptors (Lipinski definition) is 18. The number of rotatable bonds is 28. The van der Waals surface area contributed by atoms with Crippen molar-refractivity contribution < 1.29 is 59.7 Å². The summed E-state index contributed by atoms with van der Waals surface area (Å²) in [6.07, 6.45) is 1.32. The molecule has 0 bridgehead atoms. The quantitative estimate of drug-likeness (QED) is 0.0617. The van der Waals surface area contributed by atoms with Gasteiger partial charge in [0.15, 0.2) is 17.0 Å². The van der Waals surface area contributed by atoms with Gasteiger partial charge in [-0.2, -0.15) is 18.4 Å². The first-order valence-corrected chi connectivity index (χ1v) is 22.0. The van der Waals surface area contributed by atoms with Crippen LogP contribution < -0.4 is 20.3 Å². The number of amides is 1. The molecule has 0 spiro atoms. The lowest BCUT2D eigenvalue weighted by Crippen LogP contribution is -2.44. The van der Waals surface area contributed by atoms with Crippen LogP contribution in [0.4, 0.5) is 26.6 Å².